The molecule has 1 fully saturated rings. The number of halogens is 1. The van der Waals surface area contributed by atoms with Crippen LogP contribution in [0.1, 0.15) is 46.4 Å². The van der Waals surface area contributed by atoms with Crippen molar-refractivity contribution in [1.82, 2.24) is 9.80 Å². The van der Waals surface area contributed by atoms with Crippen molar-refractivity contribution in [2.45, 2.75) is 26.3 Å². The summed E-state index contributed by atoms with van der Waals surface area (Å²) in [5, 5.41) is 3.89. The van der Waals surface area contributed by atoms with Gasteiger partial charge in [0.15, 0.2) is 5.76 Å². The van der Waals surface area contributed by atoms with Crippen LogP contribution in [0, 0.1) is 5.82 Å². The SMILES string of the molecule is CCc1cc([C@@H](c2ccc(F)cc2)N2CCN(CC)CC2)c(NC(=O)c2ccco2)s1. The van der Waals surface area contributed by atoms with E-state index in [2.05, 4.69) is 35.0 Å². The lowest BCUT2D eigenvalue weighted by Gasteiger charge is -2.39. The van der Waals surface area contributed by atoms with Gasteiger partial charge < -0.3 is 14.6 Å². The molecule has 31 heavy (non-hydrogen) atoms. The van der Waals surface area contributed by atoms with Crippen LogP contribution in [0.15, 0.2) is 53.1 Å². The van der Waals surface area contributed by atoms with E-state index in [4.69, 9.17) is 4.42 Å². The van der Waals surface area contributed by atoms with Crippen molar-refractivity contribution < 1.29 is 13.6 Å². The summed E-state index contributed by atoms with van der Waals surface area (Å²) in [6.07, 6.45) is 2.38. The molecule has 1 aromatic carbocycles. The van der Waals surface area contributed by atoms with Gasteiger partial charge in [0.25, 0.3) is 5.91 Å². The second-order valence-electron chi connectivity index (χ2n) is 7.71. The van der Waals surface area contributed by atoms with Gasteiger partial charge in [-0.3, -0.25) is 9.69 Å². The van der Waals surface area contributed by atoms with Crippen molar-refractivity contribution in [2.24, 2.45) is 0 Å². The highest BCUT2D eigenvalue weighted by Crippen LogP contribution is 2.40. The molecule has 3 heterocycles. The zero-order valence-electron chi connectivity index (χ0n) is 17.9. The maximum absolute atomic E-state index is 13.7. The van der Waals surface area contributed by atoms with Crippen molar-refractivity contribution in [2.75, 3.05) is 38.0 Å². The van der Waals surface area contributed by atoms with E-state index in [0.717, 1.165) is 55.3 Å². The highest BCUT2D eigenvalue weighted by Gasteiger charge is 2.30. The van der Waals surface area contributed by atoms with Crippen LogP contribution >= 0.6 is 11.3 Å². The number of furan rings is 1. The van der Waals surface area contributed by atoms with Gasteiger partial charge in [0.05, 0.1) is 12.3 Å². The predicted octanol–water partition coefficient (Wildman–Crippen LogP) is 5.02. The van der Waals surface area contributed by atoms with Gasteiger partial charge in [0, 0.05) is 36.6 Å². The van der Waals surface area contributed by atoms with Gasteiger partial charge in [-0.1, -0.05) is 26.0 Å². The summed E-state index contributed by atoms with van der Waals surface area (Å²) < 4.78 is 18.9. The first-order valence-electron chi connectivity index (χ1n) is 10.8. The summed E-state index contributed by atoms with van der Waals surface area (Å²) in [5.41, 5.74) is 2.08. The van der Waals surface area contributed by atoms with Gasteiger partial charge in [-0.15, -0.1) is 11.3 Å². The number of amides is 1. The fourth-order valence-corrected chi connectivity index (χ4v) is 5.10. The number of carbonyl (C=O) groups is 1. The minimum atomic E-state index is -0.260. The largest absolute Gasteiger partial charge is 0.459 e. The number of piperazine rings is 1. The quantitative estimate of drug-likeness (QED) is 0.559. The summed E-state index contributed by atoms with van der Waals surface area (Å²) in [7, 11) is 0. The average molecular weight is 442 g/mol. The smallest absolute Gasteiger partial charge is 0.291 e. The molecule has 164 valence electrons. The van der Waals surface area contributed by atoms with Gasteiger partial charge in [-0.25, -0.2) is 4.39 Å². The molecule has 0 unspecified atom stereocenters. The van der Waals surface area contributed by atoms with Crippen molar-refractivity contribution >= 4 is 22.2 Å². The number of rotatable bonds is 7. The molecule has 0 bridgehead atoms. The van der Waals surface area contributed by atoms with Crippen LogP contribution in [0.3, 0.4) is 0 Å². The lowest BCUT2D eigenvalue weighted by atomic mass is 9.97. The van der Waals surface area contributed by atoms with Gasteiger partial charge >= 0.3 is 0 Å². The highest BCUT2D eigenvalue weighted by atomic mass is 32.1. The Hall–Kier alpha value is -2.48. The van der Waals surface area contributed by atoms with Crippen molar-refractivity contribution in [3.63, 3.8) is 0 Å². The molecule has 2 aromatic heterocycles. The summed E-state index contributed by atoms with van der Waals surface area (Å²) in [4.78, 5) is 18.8. The third-order valence-electron chi connectivity index (χ3n) is 5.83. The van der Waals surface area contributed by atoms with Crippen LogP contribution in [0.25, 0.3) is 0 Å². The van der Waals surface area contributed by atoms with Crippen LogP contribution in [-0.4, -0.2) is 48.4 Å². The van der Waals surface area contributed by atoms with E-state index in [1.54, 1.807) is 23.5 Å². The van der Waals surface area contributed by atoms with E-state index in [-0.39, 0.29) is 23.5 Å². The molecule has 1 saturated heterocycles. The molecule has 1 aliphatic rings. The Kier molecular flexibility index (Phi) is 6.85. The van der Waals surface area contributed by atoms with Crippen LogP contribution in [-0.2, 0) is 6.42 Å². The van der Waals surface area contributed by atoms with E-state index < -0.39 is 0 Å². The van der Waals surface area contributed by atoms with E-state index in [1.165, 1.54) is 23.3 Å². The normalized spacial score (nSPS) is 16.4. The summed E-state index contributed by atoms with van der Waals surface area (Å²) in [5.74, 6) is -0.221. The lowest BCUT2D eigenvalue weighted by Crippen LogP contribution is -2.47. The number of carbonyl (C=O) groups excluding carboxylic acids is 1. The van der Waals surface area contributed by atoms with Gasteiger partial charge in [-0.2, -0.15) is 0 Å². The van der Waals surface area contributed by atoms with E-state index in [0.29, 0.717) is 0 Å². The Morgan fingerprint density at radius 1 is 1.16 bits per heavy atom. The predicted molar refractivity (Wildman–Crippen MR) is 122 cm³/mol. The molecule has 1 N–H and O–H groups in total. The summed E-state index contributed by atoms with van der Waals surface area (Å²) in [6.45, 7) is 9.15. The molecule has 4 rings (SSSR count). The number of benzene rings is 1. The number of anilines is 1. The summed E-state index contributed by atoms with van der Waals surface area (Å²) >= 11 is 1.60. The van der Waals surface area contributed by atoms with Crippen LogP contribution < -0.4 is 5.32 Å². The Bertz CT molecular complexity index is 993. The second kappa shape index (κ2) is 9.77. The van der Waals surface area contributed by atoms with Crippen LogP contribution in [0.4, 0.5) is 9.39 Å². The Morgan fingerprint density at radius 2 is 1.90 bits per heavy atom. The number of hydrogen-bond acceptors (Lipinski definition) is 5. The number of hydrogen-bond donors (Lipinski definition) is 1. The number of likely N-dealkylation sites (N-methyl/N-ethyl adjacent to an activating group) is 1. The Morgan fingerprint density at radius 3 is 2.52 bits per heavy atom. The molecule has 3 aromatic rings. The molecule has 5 nitrogen and oxygen atoms in total. The zero-order valence-corrected chi connectivity index (χ0v) is 18.8. The number of nitrogens with one attached hydrogen (secondary N) is 1. The molecule has 0 spiro atoms. The maximum atomic E-state index is 13.7. The third-order valence-corrected chi connectivity index (χ3v) is 7.04. The molecule has 1 atom stereocenters. The lowest BCUT2D eigenvalue weighted by molar-refractivity contribution is 0.0995. The molecule has 7 heteroatoms. The van der Waals surface area contributed by atoms with Gasteiger partial charge in [0.2, 0.25) is 0 Å². The molecular formula is C24H28FN3O2S. The van der Waals surface area contributed by atoms with E-state index in [1.807, 2.05) is 12.1 Å². The fourth-order valence-electron chi connectivity index (χ4n) is 4.08. The van der Waals surface area contributed by atoms with E-state index >= 15 is 0 Å². The van der Waals surface area contributed by atoms with Crippen molar-refractivity contribution in [1.29, 1.82) is 0 Å². The number of thiophene rings is 1. The topological polar surface area (TPSA) is 48.7 Å². The van der Waals surface area contributed by atoms with Crippen molar-refractivity contribution in [3.8, 4) is 0 Å². The third kappa shape index (κ3) is 4.89. The highest BCUT2D eigenvalue weighted by molar-refractivity contribution is 7.16. The molecule has 0 radical (unpaired) electrons. The minimum absolute atomic E-state index is 0.0527. The Labute approximate surface area is 186 Å². The van der Waals surface area contributed by atoms with Crippen LogP contribution in [0.2, 0.25) is 0 Å². The first kappa shape index (κ1) is 21.7. The zero-order chi connectivity index (χ0) is 21.8. The molecule has 1 amide bonds. The molecule has 1 aliphatic heterocycles. The number of aryl methyl sites for hydroxylation is 1. The monoisotopic (exact) mass is 441 g/mol. The molecule has 0 saturated carbocycles. The maximum Gasteiger partial charge on any atom is 0.291 e. The first-order valence-corrected chi connectivity index (χ1v) is 11.6. The average Bonchev–Trinajstić information content (AvgIpc) is 3.46. The fraction of sp³-hybridized carbons (Fsp3) is 0.375. The first-order chi connectivity index (χ1) is 15.1. The minimum Gasteiger partial charge on any atom is -0.459 e. The van der Waals surface area contributed by atoms with Crippen LogP contribution in [0.5, 0.6) is 0 Å². The molecule has 0 aliphatic carbocycles. The van der Waals surface area contributed by atoms with Gasteiger partial charge in [-0.05, 0) is 48.9 Å². The molecular weight excluding hydrogens is 413 g/mol. The Balaban J connectivity index is 1.71. The standard InChI is InChI=1S/C24H28FN3O2S/c1-3-19-16-20(24(31-19)26-23(29)21-6-5-15-30-21)22(17-7-9-18(25)10-8-17)28-13-11-27(4-2)12-14-28/h5-10,15-16,22H,3-4,11-14H2,1-2H3,(H,26,29)/t22-/m1/s1. The second-order valence-corrected chi connectivity index (χ2v) is 8.84. The summed E-state index contributed by atoms with van der Waals surface area (Å²) in [6, 6.07) is 12.2. The van der Waals surface area contributed by atoms with Crippen molar-refractivity contribution in [3.05, 3.63) is 76.3 Å². The number of nitrogens with zero attached hydrogens (tertiary/aromatic N) is 2. The van der Waals surface area contributed by atoms with E-state index in [9.17, 15) is 9.18 Å². The van der Waals surface area contributed by atoms with Gasteiger partial charge in [0.1, 0.15) is 10.8 Å².